The molecule has 15 heavy (non-hydrogen) atoms. The molecule has 1 aromatic rings. The Balaban J connectivity index is 2.04. The van der Waals surface area contributed by atoms with Crippen molar-refractivity contribution in [2.24, 2.45) is 11.1 Å². The molecular weight excluding hydrogens is 190 g/mol. The summed E-state index contributed by atoms with van der Waals surface area (Å²) >= 11 is 0. The van der Waals surface area contributed by atoms with Gasteiger partial charge in [-0.1, -0.05) is 6.42 Å². The predicted molar refractivity (Wildman–Crippen MR) is 56.3 cm³/mol. The van der Waals surface area contributed by atoms with Gasteiger partial charge >= 0.3 is 0 Å². The first-order valence-electron chi connectivity index (χ1n) is 5.25. The van der Waals surface area contributed by atoms with Gasteiger partial charge in [0, 0.05) is 18.8 Å². The largest absolute Gasteiger partial charge is 0.330 e. The molecule has 80 valence electrons. The van der Waals surface area contributed by atoms with Crippen molar-refractivity contribution in [3.8, 4) is 0 Å². The number of nitrogens with two attached hydrogens (primary N) is 1. The van der Waals surface area contributed by atoms with Gasteiger partial charge in [-0.15, -0.1) is 0 Å². The van der Waals surface area contributed by atoms with E-state index in [1.807, 2.05) is 0 Å². The fraction of sp³-hybridized carbons (Fsp3) is 0.545. The zero-order valence-corrected chi connectivity index (χ0v) is 8.65. The van der Waals surface area contributed by atoms with Crippen molar-refractivity contribution >= 4 is 5.78 Å². The van der Waals surface area contributed by atoms with Crippen LogP contribution >= 0.6 is 0 Å². The number of ketones is 1. The van der Waals surface area contributed by atoms with Gasteiger partial charge in [0.1, 0.15) is 5.69 Å². The van der Waals surface area contributed by atoms with Crippen LogP contribution in [-0.4, -0.2) is 22.3 Å². The van der Waals surface area contributed by atoms with Crippen molar-refractivity contribution in [2.45, 2.75) is 25.7 Å². The SMILES string of the molecule is NCC1(CC(=O)c2cnccn2)CCC1. The van der Waals surface area contributed by atoms with Crippen LogP contribution in [0.2, 0.25) is 0 Å². The average molecular weight is 205 g/mol. The molecule has 0 aromatic carbocycles. The Morgan fingerprint density at radius 2 is 2.27 bits per heavy atom. The molecule has 0 bridgehead atoms. The molecule has 2 rings (SSSR count). The highest BCUT2D eigenvalue weighted by molar-refractivity contribution is 5.94. The second-order valence-corrected chi connectivity index (χ2v) is 4.25. The summed E-state index contributed by atoms with van der Waals surface area (Å²) in [4.78, 5) is 19.7. The van der Waals surface area contributed by atoms with Crippen LogP contribution in [0.15, 0.2) is 18.6 Å². The van der Waals surface area contributed by atoms with Crippen LogP contribution in [0.25, 0.3) is 0 Å². The van der Waals surface area contributed by atoms with Crippen molar-refractivity contribution in [2.75, 3.05) is 6.54 Å². The molecule has 0 saturated heterocycles. The second kappa shape index (κ2) is 4.06. The molecule has 1 aromatic heterocycles. The first kappa shape index (κ1) is 10.2. The number of carbonyl (C=O) groups excluding carboxylic acids is 1. The number of carbonyl (C=O) groups is 1. The summed E-state index contributed by atoms with van der Waals surface area (Å²) in [6.45, 7) is 0.596. The van der Waals surface area contributed by atoms with E-state index in [0.29, 0.717) is 18.7 Å². The molecule has 0 radical (unpaired) electrons. The van der Waals surface area contributed by atoms with E-state index >= 15 is 0 Å². The summed E-state index contributed by atoms with van der Waals surface area (Å²) in [7, 11) is 0. The van der Waals surface area contributed by atoms with Gasteiger partial charge in [0.25, 0.3) is 0 Å². The lowest BCUT2D eigenvalue weighted by atomic mass is 9.66. The van der Waals surface area contributed by atoms with Crippen LogP contribution in [0.4, 0.5) is 0 Å². The van der Waals surface area contributed by atoms with E-state index in [1.165, 1.54) is 12.6 Å². The van der Waals surface area contributed by atoms with E-state index in [2.05, 4.69) is 9.97 Å². The lowest BCUT2D eigenvalue weighted by Crippen LogP contribution is -2.39. The summed E-state index contributed by atoms with van der Waals surface area (Å²) in [5.41, 5.74) is 6.21. The number of rotatable bonds is 4. The number of nitrogens with zero attached hydrogens (tertiary/aromatic N) is 2. The third kappa shape index (κ3) is 2.04. The van der Waals surface area contributed by atoms with Crippen LogP contribution < -0.4 is 5.73 Å². The Bertz CT molecular complexity index is 341. The third-order valence-electron chi connectivity index (χ3n) is 3.23. The molecule has 1 heterocycles. The molecular formula is C11H15N3O. The molecule has 0 amide bonds. The topological polar surface area (TPSA) is 68.9 Å². The first-order chi connectivity index (χ1) is 7.26. The Morgan fingerprint density at radius 3 is 2.73 bits per heavy atom. The quantitative estimate of drug-likeness (QED) is 0.749. The van der Waals surface area contributed by atoms with E-state index < -0.39 is 0 Å². The maximum atomic E-state index is 11.9. The van der Waals surface area contributed by atoms with E-state index in [1.54, 1.807) is 12.4 Å². The van der Waals surface area contributed by atoms with Gasteiger partial charge in [0.2, 0.25) is 0 Å². The zero-order chi connectivity index (χ0) is 10.7. The van der Waals surface area contributed by atoms with E-state index in [0.717, 1.165) is 12.8 Å². The van der Waals surface area contributed by atoms with E-state index in [9.17, 15) is 4.79 Å². The van der Waals surface area contributed by atoms with Crippen molar-refractivity contribution in [1.82, 2.24) is 9.97 Å². The average Bonchev–Trinajstić information content (AvgIpc) is 2.24. The molecule has 2 N–H and O–H groups in total. The van der Waals surface area contributed by atoms with Gasteiger partial charge < -0.3 is 5.73 Å². The fourth-order valence-corrected chi connectivity index (χ4v) is 2.00. The number of aromatic nitrogens is 2. The molecule has 4 nitrogen and oxygen atoms in total. The third-order valence-corrected chi connectivity index (χ3v) is 3.23. The summed E-state index contributed by atoms with van der Waals surface area (Å²) < 4.78 is 0. The fourth-order valence-electron chi connectivity index (χ4n) is 2.00. The maximum Gasteiger partial charge on any atom is 0.183 e. The van der Waals surface area contributed by atoms with Crippen molar-refractivity contribution in [1.29, 1.82) is 0 Å². The predicted octanol–water partition coefficient (Wildman–Crippen LogP) is 1.18. The molecule has 1 saturated carbocycles. The number of hydrogen-bond donors (Lipinski definition) is 1. The highest BCUT2D eigenvalue weighted by Crippen LogP contribution is 2.43. The van der Waals surface area contributed by atoms with Crippen LogP contribution in [0.1, 0.15) is 36.2 Å². The molecule has 0 aliphatic heterocycles. The number of hydrogen-bond acceptors (Lipinski definition) is 4. The minimum Gasteiger partial charge on any atom is -0.330 e. The summed E-state index contributed by atoms with van der Waals surface area (Å²) in [5.74, 6) is 0.0632. The van der Waals surface area contributed by atoms with Gasteiger partial charge in [-0.3, -0.25) is 9.78 Å². The normalized spacial score (nSPS) is 18.2. The van der Waals surface area contributed by atoms with Crippen LogP contribution in [0.5, 0.6) is 0 Å². The Morgan fingerprint density at radius 1 is 1.47 bits per heavy atom. The summed E-state index contributed by atoms with van der Waals surface area (Å²) in [5, 5.41) is 0. The molecule has 1 aliphatic rings. The van der Waals surface area contributed by atoms with Gasteiger partial charge in [-0.25, -0.2) is 4.98 Å². The van der Waals surface area contributed by atoms with Gasteiger partial charge in [-0.2, -0.15) is 0 Å². The summed E-state index contributed by atoms with van der Waals surface area (Å²) in [6.07, 6.45) is 8.46. The van der Waals surface area contributed by atoms with Gasteiger partial charge in [0.15, 0.2) is 5.78 Å². The Labute approximate surface area is 88.9 Å². The van der Waals surface area contributed by atoms with E-state index in [4.69, 9.17) is 5.73 Å². The van der Waals surface area contributed by atoms with Crippen molar-refractivity contribution in [3.05, 3.63) is 24.3 Å². The standard InChI is InChI=1S/C11H15N3O/c12-8-11(2-1-3-11)6-10(15)9-7-13-4-5-14-9/h4-5,7H,1-3,6,8,12H2. The van der Waals surface area contributed by atoms with E-state index in [-0.39, 0.29) is 11.2 Å². The van der Waals surface area contributed by atoms with Crippen LogP contribution in [0.3, 0.4) is 0 Å². The minimum absolute atomic E-state index is 0.0502. The molecule has 1 aliphatic carbocycles. The van der Waals surface area contributed by atoms with Gasteiger partial charge in [0.05, 0.1) is 6.20 Å². The number of Topliss-reactive ketones (excluding diaryl/α,β-unsaturated/α-hetero) is 1. The smallest absolute Gasteiger partial charge is 0.183 e. The monoisotopic (exact) mass is 205 g/mol. The molecule has 0 unspecified atom stereocenters. The lowest BCUT2D eigenvalue weighted by molar-refractivity contribution is 0.0781. The molecule has 1 fully saturated rings. The first-order valence-corrected chi connectivity index (χ1v) is 5.25. The highest BCUT2D eigenvalue weighted by atomic mass is 16.1. The molecule has 0 spiro atoms. The lowest BCUT2D eigenvalue weighted by Gasteiger charge is -2.40. The maximum absolute atomic E-state index is 11.9. The minimum atomic E-state index is 0.0502. The Hall–Kier alpha value is -1.29. The van der Waals surface area contributed by atoms with Crippen LogP contribution in [-0.2, 0) is 0 Å². The van der Waals surface area contributed by atoms with Crippen molar-refractivity contribution in [3.63, 3.8) is 0 Å². The summed E-state index contributed by atoms with van der Waals surface area (Å²) in [6, 6.07) is 0. The molecule has 4 heteroatoms. The Kier molecular flexibility index (Phi) is 2.77. The van der Waals surface area contributed by atoms with Crippen molar-refractivity contribution < 1.29 is 4.79 Å². The second-order valence-electron chi connectivity index (χ2n) is 4.25. The van der Waals surface area contributed by atoms with Gasteiger partial charge in [-0.05, 0) is 24.8 Å². The zero-order valence-electron chi connectivity index (χ0n) is 8.65. The highest BCUT2D eigenvalue weighted by Gasteiger charge is 2.37. The molecule has 0 atom stereocenters. The van der Waals surface area contributed by atoms with Crippen LogP contribution in [0, 0.1) is 5.41 Å².